The maximum Gasteiger partial charge on any atom is 0.251 e. The fraction of sp³-hybridized carbons (Fsp3) is 0.611. The lowest BCUT2D eigenvalue weighted by Gasteiger charge is -2.25. The fourth-order valence-corrected chi connectivity index (χ4v) is 3.69. The monoisotopic (exact) mass is 286 g/mol. The van der Waals surface area contributed by atoms with Crippen molar-refractivity contribution in [1.82, 2.24) is 10.6 Å². The molecular weight excluding hydrogens is 260 g/mol. The molecule has 1 heterocycles. The van der Waals surface area contributed by atoms with Crippen LogP contribution in [0.5, 0.6) is 0 Å². The van der Waals surface area contributed by atoms with Crippen LogP contribution in [0, 0.1) is 6.92 Å². The van der Waals surface area contributed by atoms with Crippen molar-refractivity contribution in [2.24, 2.45) is 0 Å². The molecule has 21 heavy (non-hydrogen) atoms. The predicted octanol–water partition coefficient (Wildman–Crippen LogP) is 3.13. The van der Waals surface area contributed by atoms with E-state index in [2.05, 4.69) is 29.7 Å². The van der Waals surface area contributed by atoms with Gasteiger partial charge in [0.15, 0.2) is 0 Å². The van der Waals surface area contributed by atoms with E-state index in [1.165, 1.54) is 36.8 Å². The normalized spacial score (nSPS) is 20.6. The van der Waals surface area contributed by atoms with Gasteiger partial charge in [0, 0.05) is 11.6 Å². The van der Waals surface area contributed by atoms with Crippen molar-refractivity contribution >= 4 is 5.91 Å². The molecule has 1 saturated carbocycles. The third kappa shape index (κ3) is 3.46. The molecule has 1 amide bonds. The van der Waals surface area contributed by atoms with Gasteiger partial charge in [-0.1, -0.05) is 18.9 Å². The summed E-state index contributed by atoms with van der Waals surface area (Å²) in [5.74, 6) is 0.711. The molecule has 1 aromatic carbocycles. The number of benzene rings is 1. The number of hydrogen-bond donors (Lipinski definition) is 2. The molecule has 114 valence electrons. The smallest absolute Gasteiger partial charge is 0.251 e. The van der Waals surface area contributed by atoms with E-state index < -0.39 is 0 Å². The number of carbonyl (C=O) groups excluding carboxylic acids is 1. The minimum absolute atomic E-state index is 0.108. The summed E-state index contributed by atoms with van der Waals surface area (Å²) >= 11 is 0. The molecule has 2 N–H and O–H groups in total. The van der Waals surface area contributed by atoms with E-state index in [1.807, 2.05) is 6.07 Å². The van der Waals surface area contributed by atoms with Gasteiger partial charge >= 0.3 is 0 Å². The summed E-state index contributed by atoms with van der Waals surface area (Å²) in [4.78, 5) is 12.4. The number of carbonyl (C=O) groups is 1. The Labute approximate surface area is 127 Å². The van der Waals surface area contributed by atoms with Gasteiger partial charge in [-0.05, 0) is 74.9 Å². The number of piperidine rings is 1. The Bertz CT molecular complexity index is 500. The molecule has 1 aliphatic heterocycles. The number of amides is 1. The van der Waals surface area contributed by atoms with Crippen molar-refractivity contribution in [3.63, 3.8) is 0 Å². The molecule has 3 nitrogen and oxygen atoms in total. The predicted molar refractivity (Wildman–Crippen MR) is 85.7 cm³/mol. The van der Waals surface area contributed by atoms with Gasteiger partial charge in [0.2, 0.25) is 0 Å². The van der Waals surface area contributed by atoms with E-state index in [1.54, 1.807) is 0 Å². The van der Waals surface area contributed by atoms with Crippen LogP contribution in [-0.2, 0) is 0 Å². The summed E-state index contributed by atoms with van der Waals surface area (Å²) in [6.45, 7) is 4.33. The zero-order valence-electron chi connectivity index (χ0n) is 13.0. The van der Waals surface area contributed by atoms with Crippen LogP contribution >= 0.6 is 0 Å². The summed E-state index contributed by atoms with van der Waals surface area (Å²) in [6.07, 6.45) is 7.12. The molecular formula is C18H26N2O. The van der Waals surface area contributed by atoms with E-state index in [4.69, 9.17) is 0 Å². The maximum absolute atomic E-state index is 12.4. The molecule has 1 aliphatic carbocycles. The number of rotatable bonds is 3. The standard InChI is InChI=1S/C18H26N2O/c1-13-6-7-15(18(21)20-16-4-2-3-5-16)12-17(13)14-8-10-19-11-9-14/h6-7,12,14,16,19H,2-5,8-11H2,1H3,(H,20,21). The Morgan fingerprint density at radius 2 is 1.86 bits per heavy atom. The van der Waals surface area contributed by atoms with Gasteiger partial charge < -0.3 is 10.6 Å². The second-order valence-electron chi connectivity index (χ2n) is 6.55. The highest BCUT2D eigenvalue weighted by atomic mass is 16.1. The molecule has 2 fully saturated rings. The van der Waals surface area contributed by atoms with Crippen LogP contribution in [0.2, 0.25) is 0 Å². The fourth-order valence-electron chi connectivity index (χ4n) is 3.69. The first-order valence-corrected chi connectivity index (χ1v) is 8.36. The zero-order valence-corrected chi connectivity index (χ0v) is 13.0. The zero-order chi connectivity index (χ0) is 14.7. The van der Waals surface area contributed by atoms with Gasteiger partial charge in [0.1, 0.15) is 0 Å². The molecule has 0 atom stereocenters. The molecule has 0 aromatic heterocycles. The third-order valence-electron chi connectivity index (χ3n) is 5.01. The van der Waals surface area contributed by atoms with Crippen molar-refractivity contribution in [3.8, 4) is 0 Å². The Morgan fingerprint density at radius 3 is 2.57 bits per heavy atom. The maximum atomic E-state index is 12.4. The van der Waals surface area contributed by atoms with Crippen molar-refractivity contribution in [3.05, 3.63) is 34.9 Å². The highest BCUT2D eigenvalue weighted by Crippen LogP contribution is 2.29. The van der Waals surface area contributed by atoms with Crippen LogP contribution in [0.25, 0.3) is 0 Å². The summed E-state index contributed by atoms with van der Waals surface area (Å²) in [6, 6.07) is 6.61. The topological polar surface area (TPSA) is 41.1 Å². The van der Waals surface area contributed by atoms with Crippen LogP contribution in [0.4, 0.5) is 0 Å². The molecule has 0 spiro atoms. The van der Waals surface area contributed by atoms with Crippen molar-refractivity contribution in [2.45, 2.75) is 57.4 Å². The van der Waals surface area contributed by atoms with Crippen molar-refractivity contribution in [2.75, 3.05) is 13.1 Å². The first-order chi connectivity index (χ1) is 10.2. The molecule has 0 radical (unpaired) electrons. The largest absolute Gasteiger partial charge is 0.349 e. The van der Waals surface area contributed by atoms with Gasteiger partial charge in [-0.15, -0.1) is 0 Å². The summed E-state index contributed by atoms with van der Waals surface area (Å²) in [5, 5.41) is 6.60. The lowest BCUT2D eigenvalue weighted by molar-refractivity contribution is 0.0937. The lowest BCUT2D eigenvalue weighted by atomic mass is 9.86. The average Bonchev–Trinajstić information content (AvgIpc) is 3.01. The quantitative estimate of drug-likeness (QED) is 0.896. The van der Waals surface area contributed by atoms with E-state index in [-0.39, 0.29) is 5.91 Å². The SMILES string of the molecule is Cc1ccc(C(=O)NC2CCCC2)cc1C1CCNCC1. The second kappa shape index (κ2) is 6.61. The Morgan fingerprint density at radius 1 is 1.14 bits per heavy atom. The van der Waals surface area contributed by atoms with Crippen LogP contribution in [0.1, 0.15) is 65.9 Å². The van der Waals surface area contributed by atoms with Crippen molar-refractivity contribution in [1.29, 1.82) is 0 Å². The van der Waals surface area contributed by atoms with E-state index in [0.29, 0.717) is 12.0 Å². The van der Waals surface area contributed by atoms with Gasteiger partial charge in [-0.25, -0.2) is 0 Å². The Balaban J connectivity index is 1.74. The van der Waals surface area contributed by atoms with E-state index in [0.717, 1.165) is 31.5 Å². The number of nitrogens with one attached hydrogen (secondary N) is 2. The van der Waals surface area contributed by atoms with Crippen LogP contribution < -0.4 is 10.6 Å². The summed E-state index contributed by atoms with van der Waals surface area (Å²) in [7, 11) is 0. The molecule has 2 aliphatic rings. The molecule has 3 rings (SSSR count). The van der Waals surface area contributed by atoms with Gasteiger partial charge in [-0.2, -0.15) is 0 Å². The Kier molecular flexibility index (Phi) is 4.59. The van der Waals surface area contributed by atoms with Crippen LogP contribution in [-0.4, -0.2) is 25.0 Å². The summed E-state index contributed by atoms with van der Waals surface area (Å²) < 4.78 is 0. The third-order valence-corrected chi connectivity index (χ3v) is 5.01. The molecule has 3 heteroatoms. The van der Waals surface area contributed by atoms with Gasteiger partial charge in [0.25, 0.3) is 5.91 Å². The van der Waals surface area contributed by atoms with Gasteiger partial charge in [0.05, 0.1) is 0 Å². The molecule has 1 aromatic rings. The minimum Gasteiger partial charge on any atom is -0.349 e. The minimum atomic E-state index is 0.108. The first kappa shape index (κ1) is 14.6. The lowest BCUT2D eigenvalue weighted by Crippen LogP contribution is -2.32. The molecule has 0 unspecified atom stereocenters. The second-order valence-corrected chi connectivity index (χ2v) is 6.55. The van der Waals surface area contributed by atoms with Crippen molar-refractivity contribution < 1.29 is 4.79 Å². The summed E-state index contributed by atoms with van der Waals surface area (Å²) in [5.41, 5.74) is 3.52. The van der Waals surface area contributed by atoms with E-state index in [9.17, 15) is 4.79 Å². The average molecular weight is 286 g/mol. The van der Waals surface area contributed by atoms with Crippen LogP contribution in [0.15, 0.2) is 18.2 Å². The highest BCUT2D eigenvalue weighted by Gasteiger charge is 2.21. The molecule has 1 saturated heterocycles. The Hall–Kier alpha value is -1.35. The number of hydrogen-bond acceptors (Lipinski definition) is 2. The van der Waals surface area contributed by atoms with Gasteiger partial charge in [-0.3, -0.25) is 4.79 Å². The van der Waals surface area contributed by atoms with E-state index >= 15 is 0 Å². The molecule has 0 bridgehead atoms. The highest BCUT2D eigenvalue weighted by molar-refractivity contribution is 5.94. The van der Waals surface area contributed by atoms with Crippen LogP contribution in [0.3, 0.4) is 0 Å². The first-order valence-electron chi connectivity index (χ1n) is 8.36. The number of aryl methyl sites for hydroxylation is 1.